The number of piperazine rings is 1. The van der Waals surface area contributed by atoms with E-state index in [0.29, 0.717) is 0 Å². The Morgan fingerprint density at radius 1 is 1.12 bits per heavy atom. The van der Waals surface area contributed by atoms with E-state index in [1.165, 1.54) is 4.88 Å². The van der Waals surface area contributed by atoms with Gasteiger partial charge in [0.1, 0.15) is 0 Å². The van der Waals surface area contributed by atoms with Crippen molar-refractivity contribution in [2.75, 3.05) is 44.8 Å². The minimum absolute atomic E-state index is 0.288. The van der Waals surface area contributed by atoms with Crippen LogP contribution >= 0.6 is 23.6 Å². The lowest BCUT2D eigenvalue weighted by molar-refractivity contribution is 0.174. The van der Waals surface area contributed by atoms with Crippen molar-refractivity contribution in [1.82, 2.24) is 9.80 Å². The molecule has 0 bridgehead atoms. The number of nitrogens with one attached hydrogen (secondary N) is 1. The van der Waals surface area contributed by atoms with E-state index in [1.54, 1.807) is 0 Å². The molecule has 2 aromatic rings. The van der Waals surface area contributed by atoms with Crippen molar-refractivity contribution in [3.05, 3.63) is 40.6 Å². The molecule has 0 aliphatic carbocycles. The number of anilines is 1. The zero-order valence-electron chi connectivity index (χ0n) is 13.9. The number of thiophene rings is 1. The molecule has 7 heteroatoms. The Morgan fingerprint density at radius 3 is 2.76 bits per heavy atom. The molecule has 132 valence electrons. The molecule has 1 N–H and O–H groups in total. The monoisotopic (exact) mass is 375 g/mol. The van der Waals surface area contributed by atoms with Gasteiger partial charge < -0.3 is 19.7 Å². The van der Waals surface area contributed by atoms with Crippen LogP contribution in [0.3, 0.4) is 0 Å². The Kier molecular flexibility index (Phi) is 5.05. The van der Waals surface area contributed by atoms with Crippen LogP contribution in [0.1, 0.15) is 4.88 Å². The summed E-state index contributed by atoms with van der Waals surface area (Å²) >= 11 is 7.42. The molecular formula is C18H21N3O2S2. The van der Waals surface area contributed by atoms with Gasteiger partial charge in [0.15, 0.2) is 16.6 Å². The van der Waals surface area contributed by atoms with Gasteiger partial charge >= 0.3 is 0 Å². The van der Waals surface area contributed by atoms with Crippen molar-refractivity contribution >= 4 is 34.4 Å². The van der Waals surface area contributed by atoms with Gasteiger partial charge in [0, 0.05) is 49.4 Å². The summed E-state index contributed by atoms with van der Waals surface area (Å²) in [5, 5.41) is 6.24. The van der Waals surface area contributed by atoms with Crippen molar-refractivity contribution in [3.63, 3.8) is 0 Å². The van der Waals surface area contributed by atoms with Gasteiger partial charge in [-0.15, -0.1) is 11.3 Å². The fourth-order valence-corrected chi connectivity index (χ4v) is 4.07. The van der Waals surface area contributed by atoms with E-state index in [4.69, 9.17) is 21.7 Å². The third-order valence-electron chi connectivity index (χ3n) is 4.54. The van der Waals surface area contributed by atoms with Crippen LogP contribution in [-0.4, -0.2) is 54.4 Å². The third-order valence-corrected chi connectivity index (χ3v) is 5.83. The summed E-state index contributed by atoms with van der Waals surface area (Å²) in [5.41, 5.74) is 0.939. The quantitative estimate of drug-likeness (QED) is 0.828. The molecule has 0 amide bonds. The Hall–Kier alpha value is -1.83. The molecular weight excluding hydrogens is 354 g/mol. The molecule has 5 nitrogen and oxygen atoms in total. The second kappa shape index (κ2) is 7.59. The first-order valence-electron chi connectivity index (χ1n) is 8.48. The number of benzene rings is 1. The van der Waals surface area contributed by atoms with Gasteiger partial charge in [-0.1, -0.05) is 6.07 Å². The highest BCUT2D eigenvalue weighted by Gasteiger charge is 2.20. The summed E-state index contributed by atoms with van der Waals surface area (Å²) in [4.78, 5) is 6.21. The van der Waals surface area contributed by atoms with Crippen molar-refractivity contribution in [3.8, 4) is 11.5 Å². The Labute approximate surface area is 157 Å². The highest BCUT2D eigenvalue weighted by atomic mass is 32.1. The summed E-state index contributed by atoms with van der Waals surface area (Å²) in [6.45, 7) is 5.43. The first kappa shape index (κ1) is 16.6. The lowest BCUT2D eigenvalue weighted by Gasteiger charge is -2.36. The maximum Gasteiger partial charge on any atom is 0.231 e. The van der Waals surface area contributed by atoms with Gasteiger partial charge in [0.25, 0.3) is 0 Å². The first-order chi connectivity index (χ1) is 12.3. The molecule has 0 spiro atoms. The summed E-state index contributed by atoms with van der Waals surface area (Å²) < 4.78 is 10.8. The standard InChI is InChI=1S/C18H21N3O2S2/c24-18(19-14-3-4-16-17(12-14)23-13-22-16)21-9-7-20(8-10-21)6-5-15-2-1-11-25-15/h1-4,11-12H,5-10,13H2,(H,19,24). The van der Waals surface area contributed by atoms with Gasteiger partial charge in [0.2, 0.25) is 6.79 Å². The molecule has 0 atom stereocenters. The molecule has 1 saturated heterocycles. The number of nitrogens with zero attached hydrogens (tertiary/aromatic N) is 2. The molecule has 1 fully saturated rings. The molecule has 0 unspecified atom stereocenters. The van der Waals surface area contributed by atoms with Crippen molar-refractivity contribution in [2.24, 2.45) is 0 Å². The summed E-state index contributed by atoms with van der Waals surface area (Å²) in [6, 6.07) is 10.2. The van der Waals surface area contributed by atoms with Crippen molar-refractivity contribution in [2.45, 2.75) is 6.42 Å². The fourth-order valence-electron chi connectivity index (χ4n) is 3.07. The largest absolute Gasteiger partial charge is 0.454 e. The van der Waals surface area contributed by atoms with Crippen LogP contribution in [0.15, 0.2) is 35.7 Å². The number of thiocarbonyl (C=S) groups is 1. The summed E-state index contributed by atoms with van der Waals surface area (Å²) in [6.07, 6.45) is 1.14. The molecule has 2 aliphatic rings. The van der Waals surface area contributed by atoms with Crippen LogP contribution in [0, 0.1) is 0 Å². The fraction of sp³-hybridized carbons (Fsp3) is 0.389. The van der Waals surface area contributed by atoms with E-state index in [0.717, 1.165) is 61.4 Å². The average molecular weight is 376 g/mol. The second-order valence-corrected chi connectivity index (χ2v) is 7.58. The number of hydrogen-bond donors (Lipinski definition) is 1. The van der Waals surface area contributed by atoms with E-state index in [1.807, 2.05) is 29.5 Å². The van der Waals surface area contributed by atoms with Crippen LogP contribution in [0.4, 0.5) is 5.69 Å². The van der Waals surface area contributed by atoms with Crippen LogP contribution in [0.5, 0.6) is 11.5 Å². The molecule has 0 saturated carbocycles. The van der Waals surface area contributed by atoms with Gasteiger partial charge in [-0.2, -0.15) is 0 Å². The predicted octanol–water partition coefficient (Wildman–Crippen LogP) is 3.03. The number of hydrogen-bond acceptors (Lipinski definition) is 5. The molecule has 1 aromatic carbocycles. The molecule has 0 radical (unpaired) electrons. The molecule has 25 heavy (non-hydrogen) atoms. The highest BCUT2D eigenvalue weighted by molar-refractivity contribution is 7.80. The van der Waals surface area contributed by atoms with Crippen LogP contribution in [0.25, 0.3) is 0 Å². The average Bonchev–Trinajstić information content (AvgIpc) is 3.31. The minimum Gasteiger partial charge on any atom is -0.454 e. The Bertz CT molecular complexity index is 728. The highest BCUT2D eigenvalue weighted by Crippen LogP contribution is 2.34. The van der Waals surface area contributed by atoms with Crippen molar-refractivity contribution in [1.29, 1.82) is 0 Å². The topological polar surface area (TPSA) is 37.0 Å². The van der Waals surface area contributed by atoms with E-state index >= 15 is 0 Å². The SMILES string of the molecule is S=C(Nc1ccc2c(c1)OCO2)N1CCN(CCc2cccs2)CC1. The normalized spacial score (nSPS) is 16.9. The maximum atomic E-state index is 5.58. The van der Waals surface area contributed by atoms with Crippen molar-refractivity contribution < 1.29 is 9.47 Å². The van der Waals surface area contributed by atoms with E-state index in [2.05, 4.69) is 32.6 Å². The Balaban J connectivity index is 1.25. The second-order valence-electron chi connectivity index (χ2n) is 6.16. The maximum absolute atomic E-state index is 5.58. The molecule has 3 heterocycles. The molecule has 4 rings (SSSR count). The summed E-state index contributed by atoms with van der Waals surface area (Å²) in [5.74, 6) is 1.56. The number of ether oxygens (including phenoxy) is 2. The van der Waals surface area contributed by atoms with Gasteiger partial charge in [-0.25, -0.2) is 0 Å². The zero-order valence-corrected chi connectivity index (χ0v) is 15.6. The number of fused-ring (bicyclic) bond motifs is 1. The smallest absolute Gasteiger partial charge is 0.231 e. The number of rotatable bonds is 4. The minimum atomic E-state index is 0.288. The van der Waals surface area contributed by atoms with Gasteiger partial charge in [-0.3, -0.25) is 4.90 Å². The van der Waals surface area contributed by atoms with Gasteiger partial charge in [-0.05, 0) is 42.2 Å². The molecule has 1 aromatic heterocycles. The van der Waals surface area contributed by atoms with E-state index in [-0.39, 0.29) is 6.79 Å². The zero-order chi connectivity index (χ0) is 17.1. The van der Waals surface area contributed by atoms with E-state index < -0.39 is 0 Å². The third kappa shape index (κ3) is 4.05. The molecule has 2 aliphatic heterocycles. The van der Waals surface area contributed by atoms with Crippen LogP contribution in [-0.2, 0) is 6.42 Å². The van der Waals surface area contributed by atoms with E-state index in [9.17, 15) is 0 Å². The Morgan fingerprint density at radius 2 is 1.96 bits per heavy atom. The predicted molar refractivity (Wildman–Crippen MR) is 105 cm³/mol. The van der Waals surface area contributed by atoms with Gasteiger partial charge in [0.05, 0.1) is 0 Å². The summed E-state index contributed by atoms with van der Waals surface area (Å²) in [7, 11) is 0. The first-order valence-corrected chi connectivity index (χ1v) is 9.77. The lowest BCUT2D eigenvalue weighted by Crippen LogP contribution is -2.50. The lowest BCUT2D eigenvalue weighted by atomic mass is 10.2. The van der Waals surface area contributed by atoms with Crippen LogP contribution < -0.4 is 14.8 Å². The van der Waals surface area contributed by atoms with Crippen LogP contribution in [0.2, 0.25) is 0 Å².